The van der Waals surface area contributed by atoms with Crippen molar-refractivity contribution in [2.45, 2.75) is 50.4 Å². The molecule has 0 radical (unpaired) electrons. The predicted molar refractivity (Wildman–Crippen MR) is 86.9 cm³/mol. The van der Waals surface area contributed by atoms with Crippen LogP contribution in [0.25, 0.3) is 0 Å². The largest absolute Gasteiger partial charge is 0.467 e. The highest BCUT2D eigenvalue weighted by Crippen LogP contribution is 2.30. The van der Waals surface area contributed by atoms with Crippen LogP contribution < -0.4 is 5.32 Å². The van der Waals surface area contributed by atoms with Gasteiger partial charge < -0.3 is 15.2 Å². The van der Waals surface area contributed by atoms with Gasteiger partial charge in [0.2, 0.25) is 0 Å². The lowest BCUT2D eigenvalue weighted by Crippen LogP contribution is -2.48. The number of esters is 1. The Morgan fingerprint density at radius 2 is 1.73 bits per heavy atom. The zero-order valence-electron chi connectivity index (χ0n) is 14.4. The van der Waals surface area contributed by atoms with E-state index in [4.69, 9.17) is 4.74 Å². The van der Waals surface area contributed by atoms with Gasteiger partial charge in [-0.25, -0.2) is 4.79 Å². The molecule has 2 atom stereocenters. The molecular weight excluding hydrogens is 351 g/mol. The fraction of sp³-hybridized carbons (Fsp3) is 0.556. The van der Waals surface area contributed by atoms with Crippen molar-refractivity contribution >= 4 is 11.9 Å². The molecule has 2 N–H and O–H groups in total. The number of carbonyl (C=O) groups is 2. The van der Waals surface area contributed by atoms with E-state index in [0.29, 0.717) is 0 Å². The van der Waals surface area contributed by atoms with E-state index in [1.54, 1.807) is 0 Å². The van der Waals surface area contributed by atoms with Crippen molar-refractivity contribution in [3.05, 3.63) is 35.4 Å². The molecule has 1 aliphatic carbocycles. The highest BCUT2D eigenvalue weighted by Gasteiger charge is 2.34. The first-order chi connectivity index (χ1) is 12.2. The molecule has 0 heterocycles. The lowest BCUT2D eigenvalue weighted by Gasteiger charge is -2.29. The van der Waals surface area contributed by atoms with E-state index in [1.807, 2.05) is 0 Å². The van der Waals surface area contributed by atoms with Crippen molar-refractivity contribution in [1.82, 2.24) is 5.32 Å². The third-order valence-corrected chi connectivity index (χ3v) is 4.68. The Labute approximate surface area is 149 Å². The molecule has 1 fully saturated rings. The van der Waals surface area contributed by atoms with Crippen LogP contribution in [-0.4, -0.2) is 30.1 Å². The first kappa shape index (κ1) is 20.2. The lowest BCUT2D eigenvalue weighted by atomic mass is 9.83. The van der Waals surface area contributed by atoms with Crippen LogP contribution in [0.4, 0.5) is 13.2 Å². The third kappa shape index (κ3) is 4.97. The maximum atomic E-state index is 12.6. The summed E-state index contributed by atoms with van der Waals surface area (Å²) in [5.74, 6) is -1.52. The number of methoxy groups -OCH3 is 1. The number of carbonyl (C=O) groups excluding carboxylic acids is 2. The smallest absolute Gasteiger partial charge is 0.416 e. The molecule has 8 heteroatoms. The highest BCUT2D eigenvalue weighted by atomic mass is 19.4. The summed E-state index contributed by atoms with van der Waals surface area (Å²) in [5, 5.41) is 12.6. The molecule has 0 aliphatic heterocycles. The summed E-state index contributed by atoms with van der Waals surface area (Å²) < 4.78 is 42.5. The zero-order chi connectivity index (χ0) is 19.3. The van der Waals surface area contributed by atoms with E-state index in [2.05, 4.69) is 5.32 Å². The van der Waals surface area contributed by atoms with Crippen molar-refractivity contribution in [3.8, 4) is 0 Å². The lowest BCUT2D eigenvalue weighted by molar-refractivity contribution is -0.148. The Morgan fingerprint density at radius 1 is 1.15 bits per heavy atom. The number of rotatable bonds is 5. The molecule has 0 unspecified atom stereocenters. The zero-order valence-corrected chi connectivity index (χ0v) is 14.4. The molecule has 5 nitrogen and oxygen atoms in total. The molecule has 26 heavy (non-hydrogen) atoms. The van der Waals surface area contributed by atoms with Gasteiger partial charge in [0.05, 0.1) is 12.7 Å². The molecule has 2 rings (SSSR count). The topological polar surface area (TPSA) is 75.6 Å². The van der Waals surface area contributed by atoms with Crippen LogP contribution in [0.3, 0.4) is 0 Å². The van der Waals surface area contributed by atoms with E-state index >= 15 is 0 Å². The minimum Gasteiger partial charge on any atom is -0.467 e. The van der Waals surface area contributed by atoms with Crippen LogP contribution in [0.15, 0.2) is 24.3 Å². The quantitative estimate of drug-likeness (QED) is 0.778. The van der Waals surface area contributed by atoms with Crippen LogP contribution in [0.1, 0.15) is 49.3 Å². The maximum absolute atomic E-state index is 12.6. The fourth-order valence-electron chi connectivity index (χ4n) is 3.20. The van der Waals surface area contributed by atoms with E-state index in [0.717, 1.165) is 56.4 Å². The third-order valence-electron chi connectivity index (χ3n) is 4.68. The van der Waals surface area contributed by atoms with Gasteiger partial charge >= 0.3 is 12.1 Å². The van der Waals surface area contributed by atoms with Crippen molar-refractivity contribution < 1.29 is 32.6 Å². The standard InChI is InChI=1S/C18H22F3NO4/c1-26-17(25)14(11-5-3-2-4-6-11)22-16(24)15(23)12-7-9-13(10-8-12)18(19,20)21/h7-11,14-15,23H,2-6H2,1H3,(H,22,24)/t14-,15+/m1/s1. The Morgan fingerprint density at radius 3 is 2.23 bits per heavy atom. The van der Waals surface area contributed by atoms with Crippen LogP contribution in [-0.2, 0) is 20.5 Å². The van der Waals surface area contributed by atoms with Crippen LogP contribution >= 0.6 is 0 Å². The van der Waals surface area contributed by atoms with E-state index < -0.39 is 35.8 Å². The van der Waals surface area contributed by atoms with Gasteiger partial charge in [-0.1, -0.05) is 31.4 Å². The number of amides is 1. The van der Waals surface area contributed by atoms with E-state index in [1.165, 1.54) is 7.11 Å². The molecule has 1 amide bonds. The summed E-state index contributed by atoms with van der Waals surface area (Å²) in [5.41, 5.74) is -0.855. The minimum absolute atomic E-state index is 0.0164. The molecule has 0 spiro atoms. The van der Waals surface area contributed by atoms with Crippen molar-refractivity contribution in [1.29, 1.82) is 0 Å². The Hall–Kier alpha value is -2.09. The van der Waals surface area contributed by atoms with Crippen molar-refractivity contribution in [3.63, 3.8) is 0 Å². The first-order valence-electron chi connectivity index (χ1n) is 8.47. The molecule has 0 saturated heterocycles. The number of hydrogen-bond donors (Lipinski definition) is 2. The average Bonchev–Trinajstić information content (AvgIpc) is 2.64. The summed E-state index contributed by atoms with van der Waals surface area (Å²) in [6.45, 7) is 0. The van der Waals surface area contributed by atoms with E-state index in [9.17, 15) is 27.9 Å². The number of ether oxygens (including phenoxy) is 1. The summed E-state index contributed by atoms with van der Waals surface area (Å²) in [7, 11) is 1.22. The number of benzene rings is 1. The molecule has 0 aromatic heterocycles. The SMILES string of the molecule is COC(=O)[C@H](NC(=O)[C@@H](O)c1ccc(C(F)(F)F)cc1)C1CCCCC1. The Balaban J connectivity index is 2.08. The average molecular weight is 373 g/mol. The first-order valence-corrected chi connectivity index (χ1v) is 8.47. The fourth-order valence-corrected chi connectivity index (χ4v) is 3.20. The van der Waals surface area contributed by atoms with Gasteiger partial charge in [0.1, 0.15) is 6.04 Å². The summed E-state index contributed by atoms with van der Waals surface area (Å²) >= 11 is 0. The normalized spacial score (nSPS) is 18.0. The second kappa shape index (κ2) is 8.53. The minimum atomic E-state index is -4.50. The molecule has 1 aromatic rings. The predicted octanol–water partition coefficient (Wildman–Crippen LogP) is 2.98. The van der Waals surface area contributed by atoms with Gasteiger partial charge in [0.15, 0.2) is 6.10 Å². The van der Waals surface area contributed by atoms with Crippen molar-refractivity contribution in [2.75, 3.05) is 7.11 Å². The van der Waals surface area contributed by atoms with E-state index in [-0.39, 0.29) is 11.5 Å². The van der Waals surface area contributed by atoms with Crippen LogP contribution in [0.2, 0.25) is 0 Å². The highest BCUT2D eigenvalue weighted by molar-refractivity contribution is 5.87. The monoisotopic (exact) mass is 373 g/mol. The van der Waals surface area contributed by atoms with Gasteiger partial charge in [-0.3, -0.25) is 4.79 Å². The molecule has 1 aliphatic rings. The van der Waals surface area contributed by atoms with Gasteiger partial charge in [-0.2, -0.15) is 13.2 Å². The molecular formula is C18H22F3NO4. The number of aliphatic hydroxyl groups is 1. The van der Waals surface area contributed by atoms with Crippen LogP contribution in [0.5, 0.6) is 0 Å². The summed E-state index contributed by atoms with van der Waals surface area (Å²) in [6.07, 6.45) is -1.71. The maximum Gasteiger partial charge on any atom is 0.416 e. The number of halogens is 3. The Kier molecular flexibility index (Phi) is 6.63. The summed E-state index contributed by atoms with van der Waals surface area (Å²) in [4.78, 5) is 24.3. The molecule has 1 saturated carbocycles. The van der Waals surface area contributed by atoms with Gasteiger partial charge in [-0.15, -0.1) is 0 Å². The van der Waals surface area contributed by atoms with Crippen molar-refractivity contribution in [2.24, 2.45) is 5.92 Å². The van der Waals surface area contributed by atoms with Gasteiger partial charge in [0, 0.05) is 0 Å². The summed E-state index contributed by atoms with van der Waals surface area (Å²) in [6, 6.07) is 2.80. The number of nitrogens with one attached hydrogen (secondary N) is 1. The number of aliphatic hydroxyl groups excluding tert-OH is 1. The number of alkyl halides is 3. The second-order valence-electron chi connectivity index (χ2n) is 6.43. The molecule has 144 valence electrons. The number of hydrogen-bond acceptors (Lipinski definition) is 4. The van der Waals surface area contributed by atoms with Gasteiger partial charge in [0.25, 0.3) is 5.91 Å². The second-order valence-corrected chi connectivity index (χ2v) is 6.43. The Bertz CT molecular complexity index is 624. The molecule has 1 aromatic carbocycles. The van der Waals surface area contributed by atoms with Crippen LogP contribution in [0, 0.1) is 5.92 Å². The van der Waals surface area contributed by atoms with Gasteiger partial charge in [-0.05, 0) is 36.5 Å². The molecule has 0 bridgehead atoms.